The largest absolute Gasteiger partial charge is 0.357 e. The Morgan fingerprint density at radius 2 is 1.89 bits per heavy atom. The summed E-state index contributed by atoms with van der Waals surface area (Å²) < 4.78 is 15.3. The number of guanidine groups is 1. The molecular weight excluding hydrogens is 353 g/mol. The molecule has 5 nitrogen and oxygen atoms in total. The van der Waals surface area contributed by atoms with E-state index in [1.165, 1.54) is 11.6 Å². The van der Waals surface area contributed by atoms with E-state index in [0.717, 1.165) is 36.6 Å². The van der Waals surface area contributed by atoms with Gasteiger partial charge in [-0.05, 0) is 42.2 Å². The maximum Gasteiger partial charge on any atom is 0.191 e. The molecule has 146 valence electrons. The van der Waals surface area contributed by atoms with Gasteiger partial charge in [0.2, 0.25) is 0 Å². The molecule has 0 spiro atoms. The fourth-order valence-corrected chi connectivity index (χ4v) is 2.95. The van der Waals surface area contributed by atoms with Crippen LogP contribution in [0.15, 0.2) is 72.2 Å². The van der Waals surface area contributed by atoms with Crippen molar-refractivity contribution in [2.24, 2.45) is 4.99 Å². The summed E-state index contributed by atoms with van der Waals surface area (Å²) in [4.78, 5) is 8.75. The SMILES string of the molecule is CCNC(=NCc1cccc(Cn2ccnc2)c1)NCCc1cccc(F)c1. The maximum atomic E-state index is 13.3. The molecule has 1 heterocycles. The summed E-state index contributed by atoms with van der Waals surface area (Å²) in [6.45, 7) is 4.90. The zero-order valence-corrected chi connectivity index (χ0v) is 16.1. The van der Waals surface area contributed by atoms with Crippen LogP contribution in [0.3, 0.4) is 0 Å². The van der Waals surface area contributed by atoms with Crippen molar-refractivity contribution >= 4 is 5.96 Å². The van der Waals surface area contributed by atoms with Crippen LogP contribution in [0.25, 0.3) is 0 Å². The first-order chi connectivity index (χ1) is 13.7. The van der Waals surface area contributed by atoms with Gasteiger partial charge < -0.3 is 15.2 Å². The molecular formula is C22H26FN5. The standard InChI is InChI=1S/C22H26FN5/c1-2-25-22(26-10-9-18-5-4-8-21(23)14-18)27-15-19-6-3-7-20(13-19)16-28-12-11-24-17-28/h3-8,11-14,17H,2,9-10,15-16H2,1H3,(H2,25,26,27). The summed E-state index contributed by atoms with van der Waals surface area (Å²) in [5.74, 6) is 0.563. The second-order valence-corrected chi connectivity index (χ2v) is 6.56. The van der Waals surface area contributed by atoms with Gasteiger partial charge in [-0.25, -0.2) is 14.4 Å². The van der Waals surface area contributed by atoms with Gasteiger partial charge in [-0.3, -0.25) is 0 Å². The van der Waals surface area contributed by atoms with Crippen LogP contribution < -0.4 is 10.6 Å². The van der Waals surface area contributed by atoms with Gasteiger partial charge in [0.05, 0.1) is 12.9 Å². The molecule has 0 bridgehead atoms. The van der Waals surface area contributed by atoms with Crippen molar-refractivity contribution in [3.8, 4) is 0 Å². The Morgan fingerprint density at radius 1 is 1.07 bits per heavy atom. The number of hydrogen-bond acceptors (Lipinski definition) is 2. The molecule has 0 aliphatic carbocycles. The first-order valence-corrected chi connectivity index (χ1v) is 9.53. The van der Waals surface area contributed by atoms with Crippen molar-refractivity contribution in [1.82, 2.24) is 20.2 Å². The van der Waals surface area contributed by atoms with Crippen LogP contribution in [0.5, 0.6) is 0 Å². The fraction of sp³-hybridized carbons (Fsp3) is 0.273. The third-order valence-corrected chi connectivity index (χ3v) is 4.27. The van der Waals surface area contributed by atoms with Gasteiger partial charge in [0.1, 0.15) is 5.82 Å². The predicted molar refractivity (Wildman–Crippen MR) is 111 cm³/mol. The van der Waals surface area contributed by atoms with Crippen LogP contribution in [-0.4, -0.2) is 28.6 Å². The molecule has 1 aromatic heterocycles. The summed E-state index contributed by atoms with van der Waals surface area (Å²) in [5, 5.41) is 6.57. The van der Waals surface area contributed by atoms with Crippen LogP contribution in [0, 0.1) is 5.82 Å². The second kappa shape index (κ2) is 10.3. The molecule has 0 saturated heterocycles. The Kier molecular flexibility index (Phi) is 7.18. The normalized spacial score (nSPS) is 11.4. The molecule has 0 amide bonds. The van der Waals surface area contributed by atoms with Gasteiger partial charge in [-0.2, -0.15) is 0 Å². The van der Waals surface area contributed by atoms with E-state index in [4.69, 9.17) is 0 Å². The predicted octanol–water partition coefficient (Wildman–Crippen LogP) is 3.37. The number of imidazole rings is 1. The Labute approximate surface area is 165 Å². The van der Waals surface area contributed by atoms with E-state index in [1.807, 2.05) is 30.1 Å². The van der Waals surface area contributed by atoms with Crippen molar-refractivity contribution in [2.45, 2.75) is 26.4 Å². The van der Waals surface area contributed by atoms with E-state index in [9.17, 15) is 4.39 Å². The van der Waals surface area contributed by atoms with Crippen molar-refractivity contribution in [3.05, 3.63) is 89.8 Å². The molecule has 2 N–H and O–H groups in total. The van der Waals surface area contributed by atoms with Crippen LogP contribution in [0.1, 0.15) is 23.6 Å². The Bertz CT molecular complexity index is 889. The van der Waals surface area contributed by atoms with Crippen molar-refractivity contribution < 1.29 is 4.39 Å². The minimum atomic E-state index is -0.200. The van der Waals surface area contributed by atoms with E-state index in [-0.39, 0.29) is 5.82 Å². The fourth-order valence-electron chi connectivity index (χ4n) is 2.95. The zero-order chi connectivity index (χ0) is 19.6. The summed E-state index contributed by atoms with van der Waals surface area (Å²) in [6, 6.07) is 15.1. The van der Waals surface area contributed by atoms with Gasteiger partial charge >= 0.3 is 0 Å². The smallest absolute Gasteiger partial charge is 0.191 e. The van der Waals surface area contributed by atoms with E-state index in [0.29, 0.717) is 13.1 Å². The lowest BCUT2D eigenvalue weighted by Gasteiger charge is -2.12. The summed E-state index contributed by atoms with van der Waals surface area (Å²) in [5.41, 5.74) is 3.34. The van der Waals surface area contributed by atoms with Crippen molar-refractivity contribution in [2.75, 3.05) is 13.1 Å². The van der Waals surface area contributed by atoms with Crippen LogP contribution in [-0.2, 0) is 19.5 Å². The first-order valence-electron chi connectivity index (χ1n) is 9.53. The molecule has 6 heteroatoms. The Hall–Kier alpha value is -3.15. The van der Waals surface area contributed by atoms with Gasteiger partial charge in [-0.15, -0.1) is 0 Å². The molecule has 0 radical (unpaired) electrons. The Morgan fingerprint density at radius 3 is 2.68 bits per heavy atom. The van der Waals surface area contributed by atoms with Gasteiger partial charge in [0.25, 0.3) is 0 Å². The molecule has 3 rings (SSSR count). The van der Waals surface area contributed by atoms with Crippen molar-refractivity contribution in [3.63, 3.8) is 0 Å². The number of halogens is 1. The molecule has 0 fully saturated rings. The Balaban J connectivity index is 1.56. The number of hydrogen-bond donors (Lipinski definition) is 2. The number of aliphatic imine (C=N–C) groups is 1. The number of rotatable bonds is 8. The van der Waals surface area contributed by atoms with Gasteiger partial charge in [0.15, 0.2) is 5.96 Å². The second-order valence-electron chi connectivity index (χ2n) is 6.56. The minimum Gasteiger partial charge on any atom is -0.357 e. The quantitative estimate of drug-likeness (QED) is 0.466. The van der Waals surface area contributed by atoms with Gasteiger partial charge in [0, 0.05) is 32.0 Å². The molecule has 28 heavy (non-hydrogen) atoms. The zero-order valence-electron chi connectivity index (χ0n) is 16.1. The van der Waals surface area contributed by atoms with Crippen LogP contribution >= 0.6 is 0 Å². The van der Waals surface area contributed by atoms with E-state index in [1.54, 1.807) is 18.3 Å². The topological polar surface area (TPSA) is 54.2 Å². The number of aromatic nitrogens is 2. The highest BCUT2D eigenvalue weighted by atomic mass is 19.1. The van der Waals surface area contributed by atoms with E-state index in [2.05, 4.69) is 44.9 Å². The third kappa shape index (κ3) is 6.23. The minimum absolute atomic E-state index is 0.200. The lowest BCUT2D eigenvalue weighted by molar-refractivity contribution is 0.625. The van der Waals surface area contributed by atoms with Crippen LogP contribution in [0.2, 0.25) is 0 Å². The van der Waals surface area contributed by atoms with E-state index < -0.39 is 0 Å². The lowest BCUT2D eigenvalue weighted by atomic mass is 10.1. The maximum absolute atomic E-state index is 13.3. The average Bonchev–Trinajstić information content (AvgIpc) is 3.19. The summed E-state index contributed by atoms with van der Waals surface area (Å²) in [7, 11) is 0. The number of benzene rings is 2. The molecule has 0 atom stereocenters. The molecule has 3 aromatic rings. The lowest BCUT2D eigenvalue weighted by Crippen LogP contribution is -2.38. The number of nitrogens with zero attached hydrogens (tertiary/aromatic N) is 3. The molecule has 0 unspecified atom stereocenters. The highest BCUT2D eigenvalue weighted by Crippen LogP contribution is 2.08. The third-order valence-electron chi connectivity index (χ3n) is 4.27. The number of nitrogens with one attached hydrogen (secondary N) is 2. The first kappa shape index (κ1) is 19.6. The monoisotopic (exact) mass is 379 g/mol. The molecule has 0 aliphatic rings. The highest BCUT2D eigenvalue weighted by Gasteiger charge is 2.01. The summed E-state index contributed by atoms with van der Waals surface area (Å²) in [6.07, 6.45) is 6.29. The van der Waals surface area contributed by atoms with Crippen LogP contribution in [0.4, 0.5) is 4.39 Å². The van der Waals surface area contributed by atoms with Gasteiger partial charge in [-0.1, -0.05) is 36.4 Å². The molecule has 2 aromatic carbocycles. The molecule has 0 aliphatic heterocycles. The highest BCUT2D eigenvalue weighted by molar-refractivity contribution is 5.79. The van der Waals surface area contributed by atoms with Crippen molar-refractivity contribution in [1.29, 1.82) is 0 Å². The summed E-state index contributed by atoms with van der Waals surface area (Å²) >= 11 is 0. The average molecular weight is 379 g/mol. The molecule has 0 saturated carbocycles. The van der Waals surface area contributed by atoms with E-state index >= 15 is 0 Å².